The lowest BCUT2D eigenvalue weighted by Gasteiger charge is -2.09. The predicted octanol–water partition coefficient (Wildman–Crippen LogP) is 3.57. The van der Waals surface area contributed by atoms with Gasteiger partial charge in [0.05, 0.1) is 18.2 Å². The van der Waals surface area contributed by atoms with Crippen LogP contribution in [0.5, 0.6) is 5.75 Å². The van der Waals surface area contributed by atoms with E-state index in [2.05, 4.69) is 16.0 Å². The first-order chi connectivity index (χ1) is 15.8. The molecule has 7 nitrogen and oxygen atoms in total. The summed E-state index contributed by atoms with van der Waals surface area (Å²) >= 11 is 0. The van der Waals surface area contributed by atoms with Crippen molar-refractivity contribution in [1.29, 1.82) is 0 Å². The van der Waals surface area contributed by atoms with Crippen LogP contribution in [0.15, 0.2) is 60.7 Å². The van der Waals surface area contributed by atoms with Crippen molar-refractivity contribution in [3.63, 3.8) is 0 Å². The largest absolute Gasteiger partial charge is 0.497 e. The molecule has 2 amide bonds. The van der Waals surface area contributed by atoms with E-state index in [4.69, 9.17) is 10.5 Å². The van der Waals surface area contributed by atoms with Crippen LogP contribution in [0.1, 0.15) is 26.3 Å². The van der Waals surface area contributed by atoms with Gasteiger partial charge in [-0.1, -0.05) is 12.1 Å². The van der Waals surface area contributed by atoms with Crippen LogP contribution in [0.4, 0.5) is 20.2 Å². The minimum absolute atomic E-state index is 0.00620. The van der Waals surface area contributed by atoms with E-state index in [1.165, 1.54) is 38.4 Å². The third kappa shape index (κ3) is 7.20. The molecular formula is C24H26F2N4O3. The second-order valence-corrected chi connectivity index (χ2v) is 6.79. The van der Waals surface area contributed by atoms with Crippen LogP contribution in [0, 0.1) is 11.6 Å². The number of ether oxygens (including phenoxy) is 1. The number of carbonyl (C=O) groups excluding carboxylic acids is 2. The van der Waals surface area contributed by atoms with E-state index in [-0.39, 0.29) is 11.1 Å². The number of anilines is 2. The number of nitrogen functional groups attached to an aromatic ring is 1. The molecule has 174 valence electrons. The molecule has 9 heteroatoms. The molecule has 0 saturated heterocycles. The van der Waals surface area contributed by atoms with Crippen LogP contribution in [0.25, 0.3) is 0 Å². The summed E-state index contributed by atoms with van der Waals surface area (Å²) in [7, 11) is 4.53. The van der Waals surface area contributed by atoms with Gasteiger partial charge in [-0.3, -0.25) is 9.59 Å². The molecule has 0 aliphatic rings. The molecule has 0 bridgehead atoms. The Hall–Kier alpha value is -4.14. The van der Waals surface area contributed by atoms with Crippen molar-refractivity contribution in [2.75, 3.05) is 32.3 Å². The number of hydrogen-bond acceptors (Lipinski definition) is 5. The molecule has 3 rings (SSSR count). The lowest BCUT2D eigenvalue weighted by atomic mass is 10.1. The normalized spacial score (nSPS) is 9.85. The molecule has 0 aromatic heterocycles. The fourth-order valence-electron chi connectivity index (χ4n) is 2.74. The van der Waals surface area contributed by atoms with E-state index in [1.54, 1.807) is 13.2 Å². The molecule has 0 saturated carbocycles. The minimum atomic E-state index is -0.602. The number of hydrogen-bond donors (Lipinski definition) is 4. The molecule has 0 atom stereocenters. The topological polar surface area (TPSA) is 105 Å². The molecule has 3 aromatic carbocycles. The van der Waals surface area contributed by atoms with E-state index in [0.717, 1.165) is 17.4 Å². The quantitative estimate of drug-likeness (QED) is 0.425. The summed E-state index contributed by atoms with van der Waals surface area (Å²) in [5, 5.41) is 7.83. The van der Waals surface area contributed by atoms with Gasteiger partial charge in [0.25, 0.3) is 11.8 Å². The lowest BCUT2D eigenvalue weighted by Crippen LogP contribution is -2.19. The highest BCUT2D eigenvalue weighted by Crippen LogP contribution is 2.17. The molecule has 0 aliphatic heterocycles. The van der Waals surface area contributed by atoms with Crippen LogP contribution in [0.3, 0.4) is 0 Å². The third-order valence-corrected chi connectivity index (χ3v) is 4.56. The van der Waals surface area contributed by atoms with Crippen molar-refractivity contribution < 1.29 is 23.1 Å². The van der Waals surface area contributed by atoms with Crippen LogP contribution in [-0.4, -0.2) is 33.0 Å². The number of benzene rings is 3. The van der Waals surface area contributed by atoms with Crippen molar-refractivity contribution in [2.24, 2.45) is 0 Å². The van der Waals surface area contributed by atoms with Crippen LogP contribution < -0.4 is 26.4 Å². The maximum atomic E-state index is 13.8. The number of nitrogens with one attached hydrogen (secondary N) is 3. The number of nitrogens with two attached hydrogens (primary N) is 1. The molecule has 0 heterocycles. The molecule has 0 radical (unpaired) electrons. The smallest absolute Gasteiger partial charge is 0.253 e. The van der Waals surface area contributed by atoms with Gasteiger partial charge in [0, 0.05) is 32.0 Å². The first-order valence-electron chi connectivity index (χ1n) is 9.94. The number of carbonyl (C=O) groups is 2. The molecule has 0 spiro atoms. The first-order valence-corrected chi connectivity index (χ1v) is 9.94. The third-order valence-electron chi connectivity index (χ3n) is 4.56. The SMILES string of the molecule is CNC(=O)c1ccc(N)cc1F.CNC(=O)c1ccc(NCc2ccc(OC)cc2)cc1F. The van der Waals surface area contributed by atoms with Crippen LogP contribution in [-0.2, 0) is 6.54 Å². The zero-order valence-corrected chi connectivity index (χ0v) is 18.5. The van der Waals surface area contributed by atoms with Gasteiger partial charge in [0.15, 0.2) is 0 Å². The monoisotopic (exact) mass is 456 g/mol. The molecule has 33 heavy (non-hydrogen) atoms. The molecule has 5 N–H and O–H groups in total. The Labute approximate surface area is 190 Å². The van der Waals surface area contributed by atoms with E-state index in [9.17, 15) is 18.4 Å². The summed E-state index contributed by atoms with van der Waals surface area (Å²) < 4.78 is 31.8. The van der Waals surface area contributed by atoms with Crippen molar-refractivity contribution in [1.82, 2.24) is 10.6 Å². The van der Waals surface area contributed by atoms with E-state index < -0.39 is 23.4 Å². The van der Waals surface area contributed by atoms with Gasteiger partial charge in [0.2, 0.25) is 0 Å². The summed E-state index contributed by atoms with van der Waals surface area (Å²) in [6, 6.07) is 16.0. The average Bonchev–Trinajstić information content (AvgIpc) is 2.82. The maximum Gasteiger partial charge on any atom is 0.253 e. The zero-order chi connectivity index (χ0) is 24.4. The summed E-state index contributed by atoms with van der Waals surface area (Å²) in [5.74, 6) is -1.25. The van der Waals surface area contributed by atoms with Crippen LogP contribution in [0.2, 0.25) is 0 Å². The van der Waals surface area contributed by atoms with Gasteiger partial charge in [-0.05, 0) is 54.1 Å². The zero-order valence-electron chi connectivity index (χ0n) is 18.5. The highest BCUT2D eigenvalue weighted by molar-refractivity contribution is 5.95. The Morgan fingerprint density at radius 2 is 1.39 bits per heavy atom. The van der Waals surface area contributed by atoms with E-state index in [0.29, 0.717) is 17.9 Å². The molecule has 3 aromatic rings. The number of rotatable bonds is 6. The fraction of sp³-hybridized carbons (Fsp3) is 0.167. The molecular weight excluding hydrogens is 430 g/mol. The van der Waals surface area contributed by atoms with E-state index in [1.807, 2.05) is 24.3 Å². The summed E-state index contributed by atoms with van der Waals surface area (Å²) in [5.41, 5.74) is 7.31. The van der Waals surface area contributed by atoms with Gasteiger partial charge in [0.1, 0.15) is 17.4 Å². The summed E-state index contributed by atoms with van der Waals surface area (Å²) in [6.45, 7) is 0.558. The second kappa shape index (κ2) is 12.0. The van der Waals surface area contributed by atoms with Gasteiger partial charge in [-0.2, -0.15) is 0 Å². The van der Waals surface area contributed by atoms with Crippen LogP contribution >= 0.6 is 0 Å². The Kier molecular flexibility index (Phi) is 9.17. The predicted molar refractivity (Wildman–Crippen MR) is 124 cm³/mol. The van der Waals surface area contributed by atoms with E-state index >= 15 is 0 Å². The lowest BCUT2D eigenvalue weighted by molar-refractivity contribution is 0.0950. The highest BCUT2D eigenvalue weighted by Gasteiger charge is 2.10. The van der Waals surface area contributed by atoms with Gasteiger partial charge in [-0.25, -0.2) is 8.78 Å². The van der Waals surface area contributed by atoms with Crippen molar-refractivity contribution in [2.45, 2.75) is 6.54 Å². The Bertz CT molecular complexity index is 1110. The molecule has 0 fully saturated rings. The van der Waals surface area contributed by atoms with Crippen molar-refractivity contribution in [3.05, 3.63) is 89.0 Å². The first kappa shape index (κ1) is 25.1. The van der Waals surface area contributed by atoms with Crippen molar-refractivity contribution in [3.8, 4) is 5.75 Å². The fourth-order valence-corrected chi connectivity index (χ4v) is 2.74. The minimum Gasteiger partial charge on any atom is -0.497 e. The van der Waals surface area contributed by atoms with Crippen molar-refractivity contribution >= 4 is 23.2 Å². The standard InChI is InChI=1S/C16H17FN2O2.C8H9FN2O/c1-18-16(20)14-8-5-12(9-15(14)17)19-10-11-3-6-13(21-2)7-4-11;1-11-8(12)6-3-2-5(10)4-7(6)9/h3-9,19H,10H2,1-2H3,(H,18,20);2-4H,10H2,1H3,(H,11,12). The number of methoxy groups -OCH3 is 1. The van der Waals surface area contributed by atoms with Gasteiger partial charge in [-0.15, -0.1) is 0 Å². The van der Waals surface area contributed by atoms with Gasteiger partial charge < -0.3 is 26.4 Å². The highest BCUT2D eigenvalue weighted by atomic mass is 19.1. The Morgan fingerprint density at radius 1 is 0.848 bits per heavy atom. The Balaban J connectivity index is 0.000000273. The average molecular weight is 456 g/mol. The molecule has 0 unspecified atom stereocenters. The summed E-state index contributed by atoms with van der Waals surface area (Å²) in [6.07, 6.45) is 0. The van der Waals surface area contributed by atoms with Gasteiger partial charge >= 0.3 is 0 Å². The second-order valence-electron chi connectivity index (χ2n) is 6.79. The summed E-state index contributed by atoms with van der Waals surface area (Å²) in [4.78, 5) is 22.4. The maximum absolute atomic E-state index is 13.8. The number of amides is 2. The number of halogens is 2. The Morgan fingerprint density at radius 3 is 1.88 bits per heavy atom. The molecule has 0 aliphatic carbocycles.